The van der Waals surface area contributed by atoms with Gasteiger partial charge >= 0.3 is 0 Å². The largest absolute Gasteiger partial charge is 0.497 e. The summed E-state index contributed by atoms with van der Waals surface area (Å²) in [4.78, 5) is 0. The van der Waals surface area contributed by atoms with Gasteiger partial charge in [-0.3, -0.25) is 5.10 Å². The number of H-pyrrole nitrogens is 1. The Labute approximate surface area is 168 Å². The summed E-state index contributed by atoms with van der Waals surface area (Å²) >= 11 is 0. The summed E-state index contributed by atoms with van der Waals surface area (Å²) in [6, 6.07) is 14.3. The molecule has 3 aromatic heterocycles. The number of aromatic amines is 1. The first-order valence-electron chi connectivity index (χ1n) is 9.41. The molecule has 6 nitrogen and oxygen atoms in total. The van der Waals surface area contributed by atoms with E-state index in [4.69, 9.17) is 9.47 Å². The molecule has 2 aromatic carbocycles. The van der Waals surface area contributed by atoms with Crippen LogP contribution < -0.4 is 9.47 Å². The minimum absolute atomic E-state index is 0.835. The first-order chi connectivity index (χ1) is 14.1. The van der Waals surface area contributed by atoms with Gasteiger partial charge in [-0.2, -0.15) is 5.10 Å². The van der Waals surface area contributed by atoms with Crippen molar-refractivity contribution < 1.29 is 9.47 Å². The Balaban J connectivity index is 1.66. The highest BCUT2D eigenvalue weighted by molar-refractivity contribution is 5.99. The summed E-state index contributed by atoms with van der Waals surface area (Å²) < 4.78 is 15.1. The Morgan fingerprint density at radius 1 is 0.759 bits per heavy atom. The van der Waals surface area contributed by atoms with Gasteiger partial charge in [0, 0.05) is 59.4 Å². The molecular formula is C23H22N4O2. The van der Waals surface area contributed by atoms with Gasteiger partial charge in [-0.15, -0.1) is 0 Å². The number of ether oxygens (including phenoxy) is 2. The maximum absolute atomic E-state index is 5.42. The highest BCUT2D eigenvalue weighted by atomic mass is 16.5. The Morgan fingerprint density at radius 3 is 1.90 bits per heavy atom. The van der Waals surface area contributed by atoms with E-state index >= 15 is 0 Å². The van der Waals surface area contributed by atoms with Gasteiger partial charge in [0.05, 0.1) is 25.6 Å². The molecule has 0 aliphatic carbocycles. The number of benzene rings is 2. The normalized spacial score (nSPS) is 11.4. The number of hydrogen-bond acceptors (Lipinski definition) is 3. The molecule has 5 rings (SSSR count). The Morgan fingerprint density at radius 2 is 1.31 bits per heavy atom. The van der Waals surface area contributed by atoms with Gasteiger partial charge in [0.15, 0.2) is 0 Å². The highest BCUT2D eigenvalue weighted by Crippen LogP contribution is 2.36. The smallest absolute Gasteiger partial charge is 0.119 e. The minimum atomic E-state index is 0.835. The third kappa shape index (κ3) is 2.68. The third-order valence-corrected chi connectivity index (χ3v) is 5.54. The van der Waals surface area contributed by atoms with Crippen LogP contribution in [0.2, 0.25) is 0 Å². The van der Waals surface area contributed by atoms with Gasteiger partial charge in [-0.1, -0.05) is 0 Å². The number of rotatable bonds is 4. The van der Waals surface area contributed by atoms with Crippen molar-refractivity contribution in [2.24, 2.45) is 14.1 Å². The molecule has 146 valence electrons. The van der Waals surface area contributed by atoms with Crippen LogP contribution in [0.3, 0.4) is 0 Å². The molecule has 1 N–H and O–H groups in total. The quantitative estimate of drug-likeness (QED) is 0.485. The lowest BCUT2D eigenvalue weighted by molar-refractivity contribution is 0.415. The summed E-state index contributed by atoms with van der Waals surface area (Å²) in [6.45, 7) is 0. The average molecular weight is 386 g/mol. The maximum atomic E-state index is 5.42. The summed E-state index contributed by atoms with van der Waals surface area (Å²) in [5.74, 6) is 1.67. The zero-order valence-electron chi connectivity index (χ0n) is 16.9. The SMILES string of the molecule is COc1ccc2c(c1)c(-c1cc(-c3cn(C)c4ccc(OC)cc34)[nH]n1)cn2C. The predicted octanol–water partition coefficient (Wildman–Crippen LogP) is 4.74. The molecule has 0 fully saturated rings. The van der Waals surface area contributed by atoms with Crippen LogP contribution in [0, 0.1) is 0 Å². The van der Waals surface area contributed by atoms with Crippen molar-refractivity contribution in [1.82, 2.24) is 19.3 Å². The molecule has 0 aliphatic rings. The number of fused-ring (bicyclic) bond motifs is 2. The van der Waals surface area contributed by atoms with E-state index in [1.54, 1.807) is 14.2 Å². The zero-order chi connectivity index (χ0) is 20.1. The van der Waals surface area contributed by atoms with E-state index < -0.39 is 0 Å². The second-order valence-corrected chi connectivity index (χ2v) is 7.24. The number of methoxy groups -OCH3 is 2. The van der Waals surface area contributed by atoms with E-state index in [0.717, 1.165) is 55.8 Å². The molecule has 0 saturated carbocycles. The molecule has 3 heterocycles. The third-order valence-electron chi connectivity index (χ3n) is 5.54. The molecule has 0 radical (unpaired) electrons. The summed E-state index contributed by atoms with van der Waals surface area (Å²) in [5, 5.41) is 10.1. The molecule has 6 heteroatoms. The van der Waals surface area contributed by atoms with E-state index in [1.807, 2.05) is 26.2 Å². The van der Waals surface area contributed by atoms with E-state index in [0.29, 0.717) is 0 Å². The Kier molecular flexibility index (Phi) is 3.87. The zero-order valence-corrected chi connectivity index (χ0v) is 16.9. The molecule has 0 saturated heterocycles. The monoisotopic (exact) mass is 386 g/mol. The first-order valence-corrected chi connectivity index (χ1v) is 9.41. The van der Waals surface area contributed by atoms with Crippen molar-refractivity contribution in [3.63, 3.8) is 0 Å². The molecule has 0 spiro atoms. The average Bonchev–Trinajstić information content (AvgIpc) is 3.43. The Hall–Kier alpha value is -3.67. The van der Waals surface area contributed by atoms with Crippen LogP contribution in [0.15, 0.2) is 54.9 Å². The van der Waals surface area contributed by atoms with E-state index in [2.05, 4.69) is 62.1 Å². The van der Waals surface area contributed by atoms with Gasteiger partial charge in [-0.05, 0) is 42.5 Å². The maximum Gasteiger partial charge on any atom is 0.119 e. The van der Waals surface area contributed by atoms with E-state index in [-0.39, 0.29) is 0 Å². The van der Waals surface area contributed by atoms with E-state index in [1.165, 1.54) is 0 Å². The standard InChI is InChI=1S/C23H22N4O2/c1-26-12-18(16-9-14(28-3)5-7-22(16)26)20-11-21(25-24-20)19-13-27(2)23-8-6-15(29-4)10-17(19)23/h5-13H,1-4H3,(H,24,25). The predicted molar refractivity (Wildman–Crippen MR) is 116 cm³/mol. The van der Waals surface area contributed by atoms with Gasteiger partial charge in [0.25, 0.3) is 0 Å². The van der Waals surface area contributed by atoms with Crippen molar-refractivity contribution in [2.75, 3.05) is 14.2 Å². The molecule has 0 aliphatic heterocycles. The fourth-order valence-corrected chi connectivity index (χ4v) is 4.01. The van der Waals surface area contributed by atoms with Crippen LogP contribution in [0.1, 0.15) is 0 Å². The second-order valence-electron chi connectivity index (χ2n) is 7.24. The second kappa shape index (κ2) is 6.44. The molecular weight excluding hydrogens is 364 g/mol. The number of nitrogens with zero attached hydrogens (tertiary/aromatic N) is 3. The Bertz CT molecular complexity index is 1250. The van der Waals surface area contributed by atoms with Gasteiger partial charge in [0.2, 0.25) is 0 Å². The van der Waals surface area contributed by atoms with Crippen LogP contribution in [-0.4, -0.2) is 33.6 Å². The topological polar surface area (TPSA) is 57.0 Å². The number of nitrogens with one attached hydrogen (secondary N) is 1. The van der Waals surface area contributed by atoms with Gasteiger partial charge in [-0.25, -0.2) is 0 Å². The number of aromatic nitrogens is 4. The molecule has 0 amide bonds. The molecule has 0 bridgehead atoms. The molecule has 0 atom stereocenters. The number of aryl methyl sites for hydroxylation is 2. The van der Waals surface area contributed by atoms with E-state index in [9.17, 15) is 0 Å². The number of hydrogen-bond donors (Lipinski definition) is 1. The van der Waals surface area contributed by atoms with Crippen LogP contribution in [-0.2, 0) is 14.1 Å². The van der Waals surface area contributed by atoms with Crippen molar-refractivity contribution in [1.29, 1.82) is 0 Å². The lowest BCUT2D eigenvalue weighted by atomic mass is 10.1. The first kappa shape index (κ1) is 17.4. The van der Waals surface area contributed by atoms with Crippen molar-refractivity contribution >= 4 is 21.8 Å². The lowest BCUT2D eigenvalue weighted by Crippen LogP contribution is -1.85. The summed E-state index contributed by atoms with van der Waals surface area (Å²) in [7, 11) is 7.47. The molecule has 0 unspecified atom stereocenters. The van der Waals surface area contributed by atoms with Gasteiger partial charge in [0.1, 0.15) is 11.5 Å². The van der Waals surface area contributed by atoms with Crippen LogP contribution >= 0.6 is 0 Å². The highest BCUT2D eigenvalue weighted by Gasteiger charge is 2.16. The molecule has 5 aromatic rings. The van der Waals surface area contributed by atoms with Crippen LogP contribution in [0.5, 0.6) is 11.5 Å². The fourth-order valence-electron chi connectivity index (χ4n) is 4.01. The minimum Gasteiger partial charge on any atom is -0.497 e. The summed E-state index contributed by atoms with van der Waals surface area (Å²) in [6.07, 6.45) is 4.23. The van der Waals surface area contributed by atoms with Crippen molar-refractivity contribution in [2.45, 2.75) is 0 Å². The summed E-state index contributed by atoms with van der Waals surface area (Å²) in [5.41, 5.74) is 6.32. The van der Waals surface area contributed by atoms with Crippen molar-refractivity contribution in [3.05, 3.63) is 54.9 Å². The van der Waals surface area contributed by atoms with Crippen molar-refractivity contribution in [3.8, 4) is 34.0 Å². The lowest BCUT2D eigenvalue weighted by Gasteiger charge is -2.01. The fraction of sp³-hybridized carbons (Fsp3) is 0.174. The molecule has 29 heavy (non-hydrogen) atoms. The van der Waals surface area contributed by atoms with Crippen LogP contribution in [0.4, 0.5) is 0 Å². The van der Waals surface area contributed by atoms with Crippen LogP contribution in [0.25, 0.3) is 44.3 Å². The van der Waals surface area contributed by atoms with Gasteiger partial charge < -0.3 is 18.6 Å².